The molecule has 0 radical (unpaired) electrons. The summed E-state index contributed by atoms with van der Waals surface area (Å²) in [6.45, 7) is 5.89. The Morgan fingerprint density at radius 2 is 2.43 bits per heavy atom. The van der Waals surface area contributed by atoms with Crippen LogP contribution in [0.4, 0.5) is 0 Å². The van der Waals surface area contributed by atoms with Gasteiger partial charge in [0.05, 0.1) is 6.20 Å². The maximum Gasteiger partial charge on any atom is 0.0525 e. The molecule has 0 saturated heterocycles. The molecular formula is C11H19N3. The van der Waals surface area contributed by atoms with Crippen LogP contribution in [0.25, 0.3) is 0 Å². The third-order valence-electron chi connectivity index (χ3n) is 2.15. The molecule has 0 bridgehead atoms. The minimum atomic E-state index is 0.728. The zero-order chi connectivity index (χ0) is 10.4. The minimum Gasteiger partial charge on any atom is -0.330 e. The van der Waals surface area contributed by atoms with Crippen molar-refractivity contribution in [1.29, 1.82) is 0 Å². The third kappa shape index (κ3) is 3.34. The molecule has 78 valence electrons. The van der Waals surface area contributed by atoms with Crippen LogP contribution < -0.4 is 5.73 Å². The molecule has 0 saturated carbocycles. The third-order valence-corrected chi connectivity index (χ3v) is 2.15. The molecular weight excluding hydrogens is 174 g/mol. The number of nitrogens with zero attached hydrogens (tertiary/aromatic N) is 2. The van der Waals surface area contributed by atoms with Crippen LogP contribution in [0.3, 0.4) is 0 Å². The highest BCUT2D eigenvalue weighted by Gasteiger charge is 1.97. The smallest absolute Gasteiger partial charge is 0.0525 e. The molecule has 0 unspecified atom stereocenters. The predicted molar refractivity (Wildman–Crippen MR) is 59.0 cm³/mol. The van der Waals surface area contributed by atoms with E-state index in [2.05, 4.69) is 31.2 Å². The minimum absolute atomic E-state index is 0.728. The van der Waals surface area contributed by atoms with Crippen LogP contribution in [-0.2, 0) is 13.0 Å². The van der Waals surface area contributed by atoms with E-state index in [0.717, 1.165) is 25.9 Å². The average molecular weight is 193 g/mol. The summed E-state index contributed by atoms with van der Waals surface area (Å²) in [7, 11) is 0. The Morgan fingerprint density at radius 3 is 3.00 bits per heavy atom. The van der Waals surface area contributed by atoms with Gasteiger partial charge in [0.25, 0.3) is 0 Å². The topological polar surface area (TPSA) is 43.8 Å². The second-order valence-corrected chi connectivity index (χ2v) is 3.51. The number of hydrogen-bond acceptors (Lipinski definition) is 2. The standard InChI is InChI=1S/C11H19N3/c1-3-14-9-11(8-13-14)7-10(2)5-4-6-12/h5,8-9H,3-4,6-7,12H2,1-2H3. The van der Waals surface area contributed by atoms with E-state index in [-0.39, 0.29) is 0 Å². The quantitative estimate of drug-likeness (QED) is 0.724. The normalized spacial score (nSPS) is 12.1. The van der Waals surface area contributed by atoms with Crippen LogP contribution in [0.1, 0.15) is 25.8 Å². The van der Waals surface area contributed by atoms with Crippen molar-refractivity contribution in [2.75, 3.05) is 6.54 Å². The molecule has 0 aliphatic carbocycles. The molecule has 0 fully saturated rings. The molecule has 3 heteroatoms. The molecule has 1 aromatic heterocycles. The maximum absolute atomic E-state index is 5.43. The lowest BCUT2D eigenvalue weighted by atomic mass is 10.1. The zero-order valence-electron chi connectivity index (χ0n) is 9.03. The van der Waals surface area contributed by atoms with Gasteiger partial charge in [-0.2, -0.15) is 5.10 Å². The maximum atomic E-state index is 5.43. The Morgan fingerprint density at radius 1 is 1.64 bits per heavy atom. The lowest BCUT2D eigenvalue weighted by Crippen LogP contribution is -1.96. The largest absolute Gasteiger partial charge is 0.330 e. The molecule has 1 aromatic rings. The van der Waals surface area contributed by atoms with E-state index in [1.165, 1.54) is 11.1 Å². The monoisotopic (exact) mass is 193 g/mol. The average Bonchev–Trinajstić information content (AvgIpc) is 2.62. The summed E-state index contributed by atoms with van der Waals surface area (Å²) >= 11 is 0. The molecule has 0 aromatic carbocycles. The van der Waals surface area contributed by atoms with E-state index in [4.69, 9.17) is 5.73 Å². The molecule has 2 N–H and O–H groups in total. The first kappa shape index (κ1) is 11.0. The number of allylic oxidation sites excluding steroid dienone is 1. The Hall–Kier alpha value is -1.09. The Bertz CT molecular complexity index is 299. The number of aryl methyl sites for hydroxylation is 1. The summed E-state index contributed by atoms with van der Waals surface area (Å²) in [6.07, 6.45) is 8.18. The van der Waals surface area contributed by atoms with E-state index >= 15 is 0 Å². The van der Waals surface area contributed by atoms with Crippen molar-refractivity contribution >= 4 is 0 Å². The van der Waals surface area contributed by atoms with Crippen LogP contribution >= 0.6 is 0 Å². The van der Waals surface area contributed by atoms with Gasteiger partial charge in [0.15, 0.2) is 0 Å². The Kier molecular flexibility index (Phi) is 4.40. The van der Waals surface area contributed by atoms with Gasteiger partial charge in [0, 0.05) is 12.7 Å². The van der Waals surface area contributed by atoms with Crippen molar-refractivity contribution < 1.29 is 0 Å². The fraction of sp³-hybridized carbons (Fsp3) is 0.545. The molecule has 0 spiro atoms. The molecule has 0 atom stereocenters. The summed E-state index contributed by atoms with van der Waals surface area (Å²) in [5.74, 6) is 0. The van der Waals surface area contributed by atoms with Gasteiger partial charge in [0.2, 0.25) is 0 Å². The fourth-order valence-electron chi connectivity index (χ4n) is 1.39. The summed E-state index contributed by atoms with van der Waals surface area (Å²) in [6, 6.07) is 0. The summed E-state index contributed by atoms with van der Waals surface area (Å²) in [5.41, 5.74) is 8.08. The zero-order valence-corrected chi connectivity index (χ0v) is 9.03. The molecule has 1 heterocycles. The van der Waals surface area contributed by atoms with Crippen LogP contribution in [0, 0.1) is 0 Å². The van der Waals surface area contributed by atoms with Gasteiger partial charge in [-0.3, -0.25) is 4.68 Å². The molecule has 1 rings (SSSR count). The first-order chi connectivity index (χ1) is 6.76. The van der Waals surface area contributed by atoms with Crippen LogP contribution in [-0.4, -0.2) is 16.3 Å². The van der Waals surface area contributed by atoms with Gasteiger partial charge in [-0.25, -0.2) is 0 Å². The Labute approximate surface area is 85.6 Å². The number of rotatable bonds is 5. The van der Waals surface area contributed by atoms with Crippen LogP contribution in [0.15, 0.2) is 24.0 Å². The predicted octanol–water partition coefficient (Wildman–Crippen LogP) is 1.74. The fourth-order valence-corrected chi connectivity index (χ4v) is 1.39. The summed E-state index contributed by atoms with van der Waals surface area (Å²) in [5, 5.41) is 4.23. The van der Waals surface area contributed by atoms with E-state index in [9.17, 15) is 0 Å². The summed E-state index contributed by atoms with van der Waals surface area (Å²) in [4.78, 5) is 0. The second-order valence-electron chi connectivity index (χ2n) is 3.51. The molecule has 14 heavy (non-hydrogen) atoms. The van der Waals surface area contributed by atoms with Gasteiger partial charge >= 0.3 is 0 Å². The lowest BCUT2D eigenvalue weighted by Gasteiger charge is -1.97. The number of aromatic nitrogens is 2. The van der Waals surface area contributed by atoms with Crippen LogP contribution in [0.5, 0.6) is 0 Å². The van der Waals surface area contributed by atoms with Crippen molar-refractivity contribution in [2.24, 2.45) is 5.73 Å². The van der Waals surface area contributed by atoms with E-state index in [1.54, 1.807) is 0 Å². The second kappa shape index (κ2) is 5.60. The highest BCUT2D eigenvalue weighted by molar-refractivity contribution is 5.15. The Balaban J connectivity index is 2.51. The van der Waals surface area contributed by atoms with E-state index in [0.29, 0.717) is 0 Å². The van der Waals surface area contributed by atoms with Crippen molar-refractivity contribution in [3.8, 4) is 0 Å². The van der Waals surface area contributed by atoms with Gasteiger partial charge in [0.1, 0.15) is 0 Å². The molecule has 0 aliphatic rings. The highest BCUT2D eigenvalue weighted by Crippen LogP contribution is 2.07. The van der Waals surface area contributed by atoms with Crippen molar-refractivity contribution in [2.45, 2.75) is 33.2 Å². The van der Waals surface area contributed by atoms with Gasteiger partial charge in [-0.05, 0) is 38.8 Å². The molecule has 0 aliphatic heterocycles. The van der Waals surface area contributed by atoms with Gasteiger partial charge in [-0.15, -0.1) is 0 Å². The SMILES string of the molecule is CCn1cc(CC(C)=CCCN)cn1. The van der Waals surface area contributed by atoms with Gasteiger partial charge in [-0.1, -0.05) is 11.6 Å². The number of hydrogen-bond donors (Lipinski definition) is 1. The van der Waals surface area contributed by atoms with Crippen molar-refractivity contribution in [3.05, 3.63) is 29.6 Å². The van der Waals surface area contributed by atoms with Crippen molar-refractivity contribution in [1.82, 2.24) is 9.78 Å². The van der Waals surface area contributed by atoms with E-state index < -0.39 is 0 Å². The van der Waals surface area contributed by atoms with Gasteiger partial charge < -0.3 is 5.73 Å². The molecule has 0 amide bonds. The first-order valence-corrected chi connectivity index (χ1v) is 5.13. The lowest BCUT2D eigenvalue weighted by molar-refractivity contribution is 0.659. The highest BCUT2D eigenvalue weighted by atomic mass is 15.3. The number of nitrogens with two attached hydrogens (primary N) is 1. The van der Waals surface area contributed by atoms with Crippen LogP contribution in [0.2, 0.25) is 0 Å². The molecule has 3 nitrogen and oxygen atoms in total. The van der Waals surface area contributed by atoms with E-state index in [1.807, 2.05) is 10.9 Å². The summed E-state index contributed by atoms with van der Waals surface area (Å²) < 4.78 is 1.95. The first-order valence-electron chi connectivity index (χ1n) is 5.13. The van der Waals surface area contributed by atoms with Crippen molar-refractivity contribution in [3.63, 3.8) is 0 Å².